The lowest BCUT2D eigenvalue weighted by molar-refractivity contribution is 1.58. The summed E-state index contributed by atoms with van der Waals surface area (Å²) in [4.78, 5) is 0. The van der Waals surface area contributed by atoms with E-state index < -0.39 is 0 Å². The van der Waals surface area contributed by atoms with Crippen molar-refractivity contribution in [3.05, 3.63) is 279 Å². The van der Waals surface area contributed by atoms with Crippen molar-refractivity contribution in [3.8, 4) is 77.9 Å². The lowest BCUT2D eigenvalue weighted by atomic mass is 9.83. The minimum absolute atomic E-state index is 1.20. The van der Waals surface area contributed by atoms with Crippen LogP contribution in [-0.2, 0) is 0 Å². The standard InChI is InChI=1S/C76H46/c1-5-20-47(21-6-1)51-29-17-31-54(40-51)69-68-46-66-62-35-16-15-34-61(62)63-36-19-37-64(71(63)66)73(68)70(55-32-18-30-52(41-55)48-22-7-2-8-23-48)76-67-45-53-28-13-14-33-59(53)72-60(38-39-65(74(67)72)75(69)76)58-43-56(49-24-9-3-10-25-49)42-57(44-58)50-26-11-4-12-27-50/h1-46H. The molecule has 76 heavy (non-hydrogen) atoms. The van der Waals surface area contributed by atoms with E-state index in [1.54, 1.807) is 0 Å². The molecule has 0 N–H and O–H groups in total. The van der Waals surface area contributed by atoms with Gasteiger partial charge in [0.25, 0.3) is 0 Å². The Balaban J connectivity index is 1.13. The van der Waals surface area contributed by atoms with Gasteiger partial charge in [-0.05, 0) is 207 Å². The summed E-state index contributed by atoms with van der Waals surface area (Å²) in [6, 6.07) is 104. The number of hydrogen-bond acceptors (Lipinski definition) is 0. The smallest absolute Gasteiger partial charge is 0.000696 e. The zero-order valence-electron chi connectivity index (χ0n) is 41.6. The lowest BCUT2D eigenvalue weighted by Gasteiger charge is -2.20. The van der Waals surface area contributed by atoms with E-state index in [1.165, 1.54) is 164 Å². The van der Waals surface area contributed by atoms with Crippen molar-refractivity contribution < 1.29 is 0 Å². The summed E-state index contributed by atoms with van der Waals surface area (Å²) in [5, 5.41) is 20.5. The van der Waals surface area contributed by atoms with Gasteiger partial charge in [-0.3, -0.25) is 0 Å². The molecule has 0 amide bonds. The van der Waals surface area contributed by atoms with Gasteiger partial charge in [0.05, 0.1) is 0 Å². The van der Waals surface area contributed by atoms with E-state index in [9.17, 15) is 0 Å². The summed E-state index contributed by atoms with van der Waals surface area (Å²) < 4.78 is 0. The SMILES string of the molecule is c1ccc(-c2cccc(-c3c4cc5c6ccccc6c6cccc(c4c(-c4cccc(-c7ccccc7)c4)c4c7cc8ccccc8c8c(-c9cc(-c%10ccccc%10)cc(-c%10ccccc%10)c9)ccc(c34)c78)c65)c2)cc1. The van der Waals surface area contributed by atoms with E-state index in [2.05, 4.69) is 279 Å². The van der Waals surface area contributed by atoms with Crippen molar-refractivity contribution in [2.45, 2.75) is 0 Å². The van der Waals surface area contributed by atoms with Crippen molar-refractivity contribution in [2.24, 2.45) is 0 Å². The van der Waals surface area contributed by atoms with Crippen LogP contribution in [0.2, 0.25) is 0 Å². The van der Waals surface area contributed by atoms with Crippen LogP contribution in [-0.4, -0.2) is 0 Å². The van der Waals surface area contributed by atoms with Crippen LogP contribution in [0.15, 0.2) is 279 Å². The van der Waals surface area contributed by atoms with Crippen LogP contribution in [0.3, 0.4) is 0 Å². The maximum atomic E-state index is 2.56. The van der Waals surface area contributed by atoms with Gasteiger partial charge in [0.1, 0.15) is 0 Å². The van der Waals surface area contributed by atoms with Gasteiger partial charge >= 0.3 is 0 Å². The third kappa shape index (κ3) is 6.44. The van der Waals surface area contributed by atoms with E-state index in [-0.39, 0.29) is 0 Å². The third-order valence-electron chi connectivity index (χ3n) is 16.5. The first-order chi connectivity index (χ1) is 37.7. The molecule has 0 radical (unpaired) electrons. The number of rotatable bonds is 7. The van der Waals surface area contributed by atoms with Crippen LogP contribution >= 0.6 is 0 Å². The maximum Gasteiger partial charge on any atom is -0.000696 e. The third-order valence-corrected chi connectivity index (χ3v) is 16.5. The molecule has 0 saturated heterocycles. The predicted octanol–water partition coefficient (Wildman–Crippen LogP) is 21.5. The molecule has 0 unspecified atom stereocenters. The van der Waals surface area contributed by atoms with Gasteiger partial charge in [-0.2, -0.15) is 0 Å². The number of fused-ring (bicyclic) bond motifs is 10. The largest absolute Gasteiger partial charge is 0.0622 e. The van der Waals surface area contributed by atoms with Crippen LogP contribution in [0, 0.1) is 0 Å². The van der Waals surface area contributed by atoms with Gasteiger partial charge in [-0.1, -0.05) is 237 Å². The van der Waals surface area contributed by atoms with Gasteiger partial charge < -0.3 is 0 Å². The average molecular weight is 959 g/mol. The highest BCUT2D eigenvalue weighted by atomic mass is 14.3. The second-order valence-corrected chi connectivity index (χ2v) is 20.6. The molecule has 16 aromatic rings. The minimum Gasteiger partial charge on any atom is -0.0622 e. The Bertz CT molecular complexity index is 4880. The Hall–Kier alpha value is -9.88. The molecular formula is C76H46. The molecule has 16 aromatic carbocycles. The molecule has 0 saturated carbocycles. The highest BCUT2D eigenvalue weighted by Crippen LogP contribution is 2.57. The lowest BCUT2D eigenvalue weighted by Crippen LogP contribution is -1.92. The van der Waals surface area contributed by atoms with Crippen molar-refractivity contribution >= 4 is 86.2 Å². The first-order valence-electron chi connectivity index (χ1n) is 26.5. The Morgan fingerprint density at radius 1 is 0.145 bits per heavy atom. The van der Waals surface area contributed by atoms with Gasteiger partial charge in [-0.25, -0.2) is 0 Å². The van der Waals surface area contributed by atoms with Crippen LogP contribution in [0.1, 0.15) is 0 Å². The van der Waals surface area contributed by atoms with Crippen molar-refractivity contribution in [2.75, 3.05) is 0 Å². The Kier molecular flexibility index (Phi) is 9.44. The number of hydrogen-bond donors (Lipinski definition) is 0. The quantitative estimate of drug-likeness (QED) is 0.140. The van der Waals surface area contributed by atoms with Crippen LogP contribution in [0.4, 0.5) is 0 Å². The molecular weight excluding hydrogens is 913 g/mol. The number of benzene rings is 14. The topological polar surface area (TPSA) is 0 Å². The second-order valence-electron chi connectivity index (χ2n) is 20.6. The molecule has 0 heteroatoms. The Morgan fingerprint density at radius 2 is 0.566 bits per heavy atom. The van der Waals surface area contributed by atoms with E-state index in [0.717, 1.165) is 0 Å². The Morgan fingerprint density at radius 3 is 1.18 bits per heavy atom. The fourth-order valence-electron chi connectivity index (χ4n) is 13.2. The zero-order valence-corrected chi connectivity index (χ0v) is 41.6. The normalized spacial score (nSPS) is 11.9. The van der Waals surface area contributed by atoms with Crippen LogP contribution < -0.4 is 0 Å². The molecule has 0 fully saturated rings. The molecule has 0 heterocycles. The fraction of sp³-hybridized carbons (Fsp3) is 0. The molecule has 16 rings (SSSR count). The molecule has 0 nitrogen and oxygen atoms in total. The fourth-order valence-corrected chi connectivity index (χ4v) is 13.2. The molecule has 0 bridgehead atoms. The van der Waals surface area contributed by atoms with E-state index in [4.69, 9.17) is 0 Å². The van der Waals surface area contributed by atoms with E-state index in [1.807, 2.05) is 0 Å². The summed E-state index contributed by atoms with van der Waals surface area (Å²) >= 11 is 0. The second kappa shape index (κ2) is 16.8. The van der Waals surface area contributed by atoms with Crippen molar-refractivity contribution in [1.29, 1.82) is 0 Å². The molecule has 350 valence electrons. The maximum absolute atomic E-state index is 2.56. The first-order valence-corrected chi connectivity index (χ1v) is 26.5. The Labute approximate surface area is 440 Å². The zero-order chi connectivity index (χ0) is 49.8. The summed E-state index contributed by atoms with van der Waals surface area (Å²) in [7, 11) is 0. The van der Waals surface area contributed by atoms with Crippen LogP contribution in [0.25, 0.3) is 164 Å². The molecule has 0 atom stereocenters. The summed E-state index contributed by atoms with van der Waals surface area (Å²) in [6.45, 7) is 0. The summed E-state index contributed by atoms with van der Waals surface area (Å²) in [5.74, 6) is 0. The summed E-state index contributed by atoms with van der Waals surface area (Å²) in [5.41, 5.74) is 17.0. The molecule has 0 aliphatic rings. The minimum atomic E-state index is 1.20. The van der Waals surface area contributed by atoms with Crippen molar-refractivity contribution in [3.63, 3.8) is 0 Å². The van der Waals surface area contributed by atoms with Crippen molar-refractivity contribution in [1.82, 2.24) is 0 Å². The van der Waals surface area contributed by atoms with Gasteiger partial charge in [0.15, 0.2) is 0 Å². The molecule has 0 aliphatic carbocycles. The van der Waals surface area contributed by atoms with E-state index in [0.29, 0.717) is 0 Å². The van der Waals surface area contributed by atoms with Gasteiger partial charge in [0, 0.05) is 0 Å². The highest BCUT2D eigenvalue weighted by Gasteiger charge is 2.28. The van der Waals surface area contributed by atoms with E-state index >= 15 is 0 Å². The van der Waals surface area contributed by atoms with Gasteiger partial charge in [0.2, 0.25) is 0 Å². The molecule has 0 aliphatic heterocycles. The molecule has 0 aromatic heterocycles. The first kappa shape index (κ1) is 42.6. The van der Waals surface area contributed by atoms with Gasteiger partial charge in [-0.15, -0.1) is 0 Å². The molecule has 0 spiro atoms. The summed E-state index contributed by atoms with van der Waals surface area (Å²) in [6.07, 6.45) is 0. The van der Waals surface area contributed by atoms with Crippen LogP contribution in [0.5, 0.6) is 0 Å². The highest BCUT2D eigenvalue weighted by molar-refractivity contribution is 6.46. The average Bonchev–Trinajstić information content (AvgIpc) is 4.14. The predicted molar refractivity (Wildman–Crippen MR) is 327 cm³/mol. The monoisotopic (exact) mass is 958 g/mol.